The van der Waals surface area contributed by atoms with Crippen LogP contribution in [0.3, 0.4) is 0 Å². The Bertz CT molecular complexity index is 1000. The number of sulfone groups is 1. The van der Waals surface area contributed by atoms with Crippen molar-refractivity contribution in [3.8, 4) is 5.75 Å². The Morgan fingerprint density at radius 1 is 0.815 bits per heavy atom. The van der Waals surface area contributed by atoms with E-state index < -0.39 is 22.0 Å². The molecule has 0 saturated heterocycles. The average Bonchev–Trinajstić information content (AvgIpc) is 2.70. The molecule has 1 unspecified atom stereocenters. The van der Waals surface area contributed by atoms with Crippen molar-refractivity contribution in [1.82, 2.24) is 0 Å². The maximum Gasteiger partial charge on any atom is 0.280 e. The first-order chi connectivity index (χ1) is 13.0. The molecule has 1 atom stereocenters. The fraction of sp³-hybridized carbons (Fsp3) is 0.0500. The third-order valence-corrected chi connectivity index (χ3v) is 5.54. The van der Waals surface area contributed by atoms with Crippen LogP contribution in [0.25, 0.3) is 0 Å². The van der Waals surface area contributed by atoms with Gasteiger partial charge in [-0.2, -0.15) is 0 Å². The van der Waals surface area contributed by atoms with Crippen molar-refractivity contribution < 1.29 is 17.9 Å². The molecular formula is C20H18N2O4S. The highest BCUT2D eigenvalue weighted by Gasteiger charge is 2.18. The maximum absolute atomic E-state index is 12.6. The number of hydrogen-bond acceptors (Lipinski definition) is 5. The largest absolute Gasteiger partial charge is 0.466 e. The predicted molar refractivity (Wildman–Crippen MR) is 102 cm³/mol. The standard InChI is InChI=1S/C20H18N2O4S/c21-19(26-16-7-3-1-4-8-16)20(23)22-15-11-13-18(14-12-15)27(24,25)17-9-5-2-6-10-17/h1-14,19H,21H2,(H,22,23). The van der Waals surface area contributed by atoms with Gasteiger partial charge in [-0.05, 0) is 48.5 Å². The number of para-hydroxylation sites is 1. The molecule has 0 radical (unpaired) electrons. The van der Waals surface area contributed by atoms with Crippen LogP contribution in [0, 0.1) is 0 Å². The molecule has 0 spiro atoms. The third-order valence-electron chi connectivity index (χ3n) is 3.75. The highest BCUT2D eigenvalue weighted by Crippen LogP contribution is 2.22. The van der Waals surface area contributed by atoms with Crippen LogP contribution >= 0.6 is 0 Å². The van der Waals surface area contributed by atoms with Crippen LogP contribution in [0.4, 0.5) is 5.69 Å². The molecule has 7 heteroatoms. The molecule has 0 aliphatic rings. The maximum atomic E-state index is 12.6. The van der Waals surface area contributed by atoms with Gasteiger partial charge in [-0.3, -0.25) is 10.5 Å². The van der Waals surface area contributed by atoms with Crippen LogP contribution in [-0.4, -0.2) is 20.6 Å². The SMILES string of the molecule is NC(Oc1ccccc1)C(=O)Nc1ccc(S(=O)(=O)c2ccccc2)cc1. The molecule has 3 rings (SSSR count). The van der Waals surface area contributed by atoms with Crippen molar-refractivity contribution in [2.45, 2.75) is 16.0 Å². The Balaban J connectivity index is 1.68. The van der Waals surface area contributed by atoms with Gasteiger partial charge in [0.2, 0.25) is 16.1 Å². The van der Waals surface area contributed by atoms with Crippen LogP contribution in [0.2, 0.25) is 0 Å². The lowest BCUT2D eigenvalue weighted by molar-refractivity contribution is -0.122. The van der Waals surface area contributed by atoms with Crippen LogP contribution in [0.5, 0.6) is 5.75 Å². The Morgan fingerprint density at radius 3 is 1.93 bits per heavy atom. The first-order valence-electron chi connectivity index (χ1n) is 8.15. The van der Waals surface area contributed by atoms with Gasteiger partial charge in [-0.15, -0.1) is 0 Å². The van der Waals surface area contributed by atoms with Gasteiger partial charge in [0.15, 0.2) is 0 Å². The van der Waals surface area contributed by atoms with E-state index in [1.165, 1.54) is 36.4 Å². The summed E-state index contributed by atoms with van der Waals surface area (Å²) in [5, 5.41) is 2.60. The van der Waals surface area contributed by atoms with Crippen LogP contribution in [0.1, 0.15) is 0 Å². The number of amides is 1. The van der Waals surface area contributed by atoms with Crippen LogP contribution in [0.15, 0.2) is 94.7 Å². The summed E-state index contributed by atoms with van der Waals surface area (Å²) in [5.41, 5.74) is 6.16. The molecule has 0 fully saturated rings. The number of hydrogen-bond donors (Lipinski definition) is 2. The van der Waals surface area contributed by atoms with Crippen molar-refractivity contribution >= 4 is 21.4 Å². The van der Waals surface area contributed by atoms with Crippen LogP contribution in [-0.2, 0) is 14.6 Å². The molecule has 1 amide bonds. The molecule has 0 aromatic heterocycles. The van der Waals surface area contributed by atoms with Gasteiger partial charge in [0.25, 0.3) is 5.91 Å². The lowest BCUT2D eigenvalue weighted by atomic mass is 10.3. The quantitative estimate of drug-likeness (QED) is 0.639. The first-order valence-corrected chi connectivity index (χ1v) is 9.63. The van der Waals surface area contributed by atoms with Gasteiger partial charge in [-0.1, -0.05) is 36.4 Å². The van der Waals surface area contributed by atoms with Crippen molar-refractivity contribution in [3.63, 3.8) is 0 Å². The molecule has 3 N–H and O–H groups in total. The molecule has 0 aliphatic carbocycles. The molecule has 0 saturated carbocycles. The summed E-state index contributed by atoms with van der Waals surface area (Å²) >= 11 is 0. The van der Waals surface area contributed by atoms with Gasteiger partial charge < -0.3 is 10.1 Å². The fourth-order valence-electron chi connectivity index (χ4n) is 2.37. The highest BCUT2D eigenvalue weighted by atomic mass is 32.2. The lowest BCUT2D eigenvalue weighted by Crippen LogP contribution is -2.40. The Hall–Kier alpha value is -3.16. The van der Waals surface area contributed by atoms with Gasteiger partial charge in [0.05, 0.1) is 9.79 Å². The van der Waals surface area contributed by atoms with E-state index in [0.29, 0.717) is 11.4 Å². The summed E-state index contributed by atoms with van der Waals surface area (Å²) in [6, 6.07) is 22.8. The van der Waals surface area contributed by atoms with E-state index >= 15 is 0 Å². The topological polar surface area (TPSA) is 98.5 Å². The zero-order valence-corrected chi connectivity index (χ0v) is 15.1. The van der Waals surface area contributed by atoms with Gasteiger partial charge in [0.1, 0.15) is 5.75 Å². The Labute approximate surface area is 157 Å². The number of carbonyl (C=O) groups is 1. The van der Waals surface area contributed by atoms with E-state index in [0.717, 1.165) is 0 Å². The number of anilines is 1. The summed E-state index contributed by atoms with van der Waals surface area (Å²) in [4.78, 5) is 12.5. The second-order valence-corrected chi connectivity index (χ2v) is 7.63. The second-order valence-electron chi connectivity index (χ2n) is 5.68. The van der Waals surface area contributed by atoms with E-state index in [9.17, 15) is 13.2 Å². The number of rotatable bonds is 6. The molecule has 6 nitrogen and oxygen atoms in total. The second kappa shape index (κ2) is 8.03. The Morgan fingerprint density at radius 2 is 1.33 bits per heavy atom. The van der Waals surface area contributed by atoms with Gasteiger partial charge in [-0.25, -0.2) is 8.42 Å². The minimum absolute atomic E-state index is 0.136. The minimum atomic E-state index is -3.60. The number of benzene rings is 3. The molecule has 3 aromatic carbocycles. The molecule has 0 heterocycles. The molecule has 138 valence electrons. The minimum Gasteiger partial charge on any atom is -0.466 e. The van der Waals surface area contributed by atoms with Crippen molar-refractivity contribution in [1.29, 1.82) is 0 Å². The first kappa shape index (κ1) is 18.6. The number of carbonyl (C=O) groups excluding carboxylic acids is 1. The summed E-state index contributed by atoms with van der Waals surface area (Å²) in [6.45, 7) is 0. The van der Waals surface area contributed by atoms with E-state index in [1.54, 1.807) is 42.5 Å². The summed E-state index contributed by atoms with van der Waals surface area (Å²) in [7, 11) is -3.60. The zero-order valence-electron chi connectivity index (χ0n) is 14.3. The molecule has 0 bridgehead atoms. The van der Waals surface area contributed by atoms with E-state index in [2.05, 4.69) is 5.32 Å². The lowest BCUT2D eigenvalue weighted by Gasteiger charge is -2.14. The Kier molecular flexibility index (Phi) is 5.54. The van der Waals surface area contributed by atoms with Gasteiger partial charge in [0, 0.05) is 5.69 Å². The van der Waals surface area contributed by atoms with Crippen molar-refractivity contribution in [2.24, 2.45) is 5.73 Å². The summed E-state index contributed by atoms with van der Waals surface area (Å²) in [5.74, 6) is -0.0676. The molecule has 0 aliphatic heterocycles. The number of nitrogens with two attached hydrogens (primary N) is 1. The molecule has 3 aromatic rings. The van der Waals surface area contributed by atoms with E-state index in [1.807, 2.05) is 6.07 Å². The normalized spacial score (nSPS) is 12.2. The number of nitrogens with one attached hydrogen (secondary N) is 1. The highest BCUT2D eigenvalue weighted by molar-refractivity contribution is 7.91. The summed E-state index contributed by atoms with van der Waals surface area (Å²) in [6.07, 6.45) is -1.19. The average molecular weight is 382 g/mol. The third kappa shape index (κ3) is 4.52. The number of ether oxygens (including phenoxy) is 1. The van der Waals surface area contributed by atoms with Crippen molar-refractivity contribution in [3.05, 3.63) is 84.9 Å². The predicted octanol–water partition coefficient (Wildman–Crippen LogP) is 2.82. The van der Waals surface area contributed by atoms with Gasteiger partial charge >= 0.3 is 0 Å². The van der Waals surface area contributed by atoms with Crippen molar-refractivity contribution in [2.75, 3.05) is 5.32 Å². The summed E-state index contributed by atoms with van der Waals surface area (Å²) < 4.78 is 30.5. The molecule has 27 heavy (non-hydrogen) atoms. The monoisotopic (exact) mass is 382 g/mol. The zero-order chi connectivity index (χ0) is 19.3. The van der Waals surface area contributed by atoms with Crippen LogP contribution < -0.4 is 15.8 Å². The van der Waals surface area contributed by atoms with E-state index in [4.69, 9.17) is 10.5 Å². The smallest absolute Gasteiger partial charge is 0.280 e. The van der Waals surface area contributed by atoms with E-state index in [-0.39, 0.29) is 9.79 Å². The fourth-order valence-corrected chi connectivity index (χ4v) is 3.65. The molecular weight excluding hydrogens is 364 g/mol.